The maximum Gasteiger partial charge on any atom is 0.407 e. The van der Waals surface area contributed by atoms with Crippen molar-refractivity contribution in [1.29, 1.82) is 0 Å². The molecule has 1 aliphatic heterocycles. The number of carbonyl (C=O) groups is 2. The fourth-order valence-corrected chi connectivity index (χ4v) is 2.07. The summed E-state index contributed by atoms with van der Waals surface area (Å²) >= 11 is 0. The minimum atomic E-state index is -0.873. The van der Waals surface area contributed by atoms with Crippen LogP contribution in [0.3, 0.4) is 0 Å². The number of amides is 2. The second-order valence-corrected chi connectivity index (χ2v) is 4.51. The number of carbonyl (C=O) groups excluding carboxylic acids is 1. The molecule has 0 spiro atoms. The average Bonchev–Trinajstić information content (AvgIpc) is 2.46. The van der Waals surface area contributed by atoms with Gasteiger partial charge in [-0.1, -0.05) is 0 Å². The summed E-state index contributed by atoms with van der Waals surface area (Å²) in [4.78, 5) is 31.7. The number of nitrogens with one attached hydrogen (secondary N) is 1. The van der Waals surface area contributed by atoms with E-state index in [9.17, 15) is 9.59 Å². The summed E-state index contributed by atoms with van der Waals surface area (Å²) in [6.07, 6.45) is 5.07. The SMILES string of the molecule is O=C(NCC1CCN(C(=O)O)CC1)c1cnccn1. The predicted octanol–water partition coefficient (Wildman–Crippen LogP) is 0.596. The molecule has 1 saturated heterocycles. The van der Waals surface area contributed by atoms with Gasteiger partial charge in [0.15, 0.2) is 0 Å². The highest BCUT2D eigenvalue weighted by molar-refractivity contribution is 5.91. The molecule has 2 amide bonds. The molecule has 0 aromatic carbocycles. The largest absolute Gasteiger partial charge is 0.465 e. The lowest BCUT2D eigenvalue weighted by atomic mass is 9.97. The summed E-state index contributed by atoms with van der Waals surface area (Å²) in [6, 6.07) is 0. The number of hydrogen-bond donors (Lipinski definition) is 2. The third-order valence-corrected chi connectivity index (χ3v) is 3.23. The van der Waals surface area contributed by atoms with Gasteiger partial charge in [0.05, 0.1) is 6.20 Å². The van der Waals surface area contributed by atoms with Crippen LogP contribution in [0.5, 0.6) is 0 Å². The molecule has 2 N–H and O–H groups in total. The van der Waals surface area contributed by atoms with Gasteiger partial charge in [0.1, 0.15) is 5.69 Å². The average molecular weight is 264 g/mol. The normalized spacial score (nSPS) is 16.1. The van der Waals surface area contributed by atoms with Gasteiger partial charge in [-0.15, -0.1) is 0 Å². The van der Waals surface area contributed by atoms with Gasteiger partial charge in [-0.05, 0) is 18.8 Å². The quantitative estimate of drug-likeness (QED) is 0.833. The minimum absolute atomic E-state index is 0.242. The minimum Gasteiger partial charge on any atom is -0.465 e. The summed E-state index contributed by atoms with van der Waals surface area (Å²) in [5.74, 6) is 0.0741. The van der Waals surface area contributed by atoms with Gasteiger partial charge >= 0.3 is 6.09 Å². The molecule has 7 nitrogen and oxygen atoms in total. The summed E-state index contributed by atoms with van der Waals surface area (Å²) in [5, 5.41) is 11.6. The first kappa shape index (κ1) is 13.3. The number of aromatic nitrogens is 2. The first-order valence-corrected chi connectivity index (χ1v) is 6.19. The zero-order valence-corrected chi connectivity index (χ0v) is 10.5. The highest BCUT2D eigenvalue weighted by atomic mass is 16.4. The van der Waals surface area contributed by atoms with E-state index in [0.717, 1.165) is 12.8 Å². The Morgan fingerprint density at radius 2 is 2.11 bits per heavy atom. The molecule has 19 heavy (non-hydrogen) atoms. The number of nitrogens with zero attached hydrogens (tertiary/aromatic N) is 3. The lowest BCUT2D eigenvalue weighted by molar-refractivity contribution is 0.0923. The van der Waals surface area contributed by atoms with Crippen LogP contribution in [-0.2, 0) is 0 Å². The molecule has 2 rings (SSSR count). The van der Waals surface area contributed by atoms with E-state index in [0.29, 0.717) is 31.2 Å². The standard InChI is InChI=1S/C12H16N4O3/c17-11(10-8-13-3-4-14-10)15-7-9-1-5-16(6-2-9)12(18)19/h3-4,8-9H,1-2,5-7H2,(H,15,17)(H,18,19). The van der Waals surface area contributed by atoms with Gasteiger partial charge in [-0.3, -0.25) is 9.78 Å². The van der Waals surface area contributed by atoms with Crippen LogP contribution in [0.25, 0.3) is 0 Å². The Morgan fingerprint density at radius 1 is 1.37 bits per heavy atom. The maximum atomic E-state index is 11.7. The van der Waals surface area contributed by atoms with Crippen molar-refractivity contribution < 1.29 is 14.7 Å². The van der Waals surface area contributed by atoms with E-state index in [1.807, 2.05) is 0 Å². The Hall–Kier alpha value is -2.18. The molecule has 0 saturated carbocycles. The second kappa shape index (κ2) is 6.12. The van der Waals surface area contributed by atoms with E-state index in [-0.39, 0.29) is 5.91 Å². The molecule has 102 valence electrons. The van der Waals surface area contributed by atoms with Gasteiger partial charge < -0.3 is 15.3 Å². The molecule has 0 unspecified atom stereocenters. The third kappa shape index (κ3) is 3.64. The monoisotopic (exact) mass is 264 g/mol. The first-order valence-electron chi connectivity index (χ1n) is 6.19. The van der Waals surface area contributed by atoms with Crippen molar-refractivity contribution in [3.8, 4) is 0 Å². The van der Waals surface area contributed by atoms with E-state index in [1.165, 1.54) is 23.5 Å². The van der Waals surface area contributed by atoms with Crippen molar-refractivity contribution in [1.82, 2.24) is 20.2 Å². The fourth-order valence-electron chi connectivity index (χ4n) is 2.07. The van der Waals surface area contributed by atoms with Crippen LogP contribution in [-0.4, -0.2) is 51.6 Å². The van der Waals surface area contributed by atoms with Gasteiger partial charge in [-0.2, -0.15) is 0 Å². The van der Waals surface area contributed by atoms with Gasteiger partial charge in [-0.25, -0.2) is 9.78 Å². The topological polar surface area (TPSA) is 95.4 Å². The molecular formula is C12H16N4O3. The molecule has 0 aliphatic carbocycles. The number of carboxylic acid groups (broad SMARTS) is 1. The Bertz CT molecular complexity index is 444. The number of likely N-dealkylation sites (tertiary alicyclic amines) is 1. The van der Waals surface area contributed by atoms with E-state index < -0.39 is 6.09 Å². The van der Waals surface area contributed by atoms with E-state index in [1.54, 1.807) is 0 Å². The van der Waals surface area contributed by atoms with Crippen molar-refractivity contribution >= 4 is 12.0 Å². The second-order valence-electron chi connectivity index (χ2n) is 4.51. The lowest BCUT2D eigenvalue weighted by Crippen LogP contribution is -2.41. The van der Waals surface area contributed by atoms with Gasteiger partial charge in [0.25, 0.3) is 5.91 Å². The zero-order valence-electron chi connectivity index (χ0n) is 10.5. The molecule has 1 aliphatic rings. The summed E-state index contributed by atoms with van der Waals surface area (Å²) in [7, 11) is 0. The highest BCUT2D eigenvalue weighted by Gasteiger charge is 2.22. The summed E-state index contributed by atoms with van der Waals surface area (Å²) < 4.78 is 0. The zero-order chi connectivity index (χ0) is 13.7. The van der Waals surface area contributed by atoms with Crippen molar-refractivity contribution in [3.05, 3.63) is 24.3 Å². The van der Waals surface area contributed by atoms with E-state index >= 15 is 0 Å². The third-order valence-electron chi connectivity index (χ3n) is 3.23. The highest BCUT2D eigenvalue weighted by Crippen LogP contribution is 2.16. The van der Waals surface area contributed by atoms with Crippen molar-refractivity contribution in [2.75, 3.05) is 19.6 Å². The molecule has 7 heteroatoms. The Kier molecular flexibility index (Phi) is 4.27. The van der Waals surface area contributed by atoms with Crippen LogP contribution >= 0.6 is 0 Å². The van der Waals surface area contributed by atoms with Crippen molar-refractivity contribution in [3.63, 3.8) is 0 Å². The smallest absolute Gasteiger partial charge is 0.407 e. The predicted molar refractivity (Wildman–Crippen MR) is 66.7 cm³/mol. The van der Waals surface area contributed by atoms with Gasteiger partial charge in [0, 0.05) is 32.0 Å². The first-order chi connectivity index (χ1) is 9.16. The van der Waals surface area contributed by atoms with Crippen LogP contribution in [0, 0.1) is 5.92 Å². The molecule has 0 radical (unpaired) electrons. The molecule has 0 atom stereocenters. The van der Waals surface area contributed by atoms with E-state index in [2.05, 4.69) is 15.3 Å². The molecule has 1 fully saturated rings. The van der Waals surface area contributed by atoms with E-state index in [4.69, 9.17) is 5.11 Å². The lowest BCUT2D eigenvalue weighted by Gasteiger charge is -2.29. The number of rotatable bonds is 3. The van der Waals surface area contributed by atoms with Crippen LogP contribution in [0.2, 0.25) is 0 Å². The summed E-state index contributed by atoms with van der Waals surface area (Å²) in [6.45, 7) is 1.60. The Labute approximate surface area is 110 Å². The summed E-state index contributed by atoms with van der Waals surface area (Å²) in [5.41, 5.74) is 0.297. The number of hydrogen-bond acceptors (Lipinski definition) is 4. The Morgan fingerprint density at radius 3 is 2.68 bits per heavy atom. The maximum absolute atomic E-state index is 11.7. The van der Waals surface area contributed by atoms with Crippen molar-refractivity contribution in [2.45, 2.75) is 12.8 Å². The van der Waals surface area contributed by atoms with Gasteiger partial charge in [0.2, 0.25) is 0 Å². The van der Waals surface area contributed by atoms with Crippen molar-refractivity contribution in [2.24, 2.45) is 5.92 Å². The molecule has 2 heterocycles. The van der Waals surface area contributed by atoms with Crippen LogP contribution in [0.1, 0.15) is 23.3 Å². The van der Waals surface area contributed by atoms with Crippen LogP contribution < -0.4 is 5.32 Å². The Balaban J connectivity index is 1.75. The van der Waals surface area contributed by atoms with Crippen LogP contribution in [0.15, 0.2) is 18.6 Å². The molecule has 0 bridgehead atoms. The number of piperidine rings is 1. The fraction of sp³-hybridized carbons (Fsp3) is 0.500. The molecule has 1 aromatic rings. The van der Waals surface area contributed by atoms with Crippen LogP contribution in [0.4, 0.5) is 4.79 Å². The molecule has 1 aromatic heterocycles. The molecular weight excluding hydrogens is 248 g/mol.